The van der Waals surface area contributed by atoms with Gasteiger partial charge < -0.3 is 15.0 Å². The van der Waals surface area contributed by atoms with Crippen molar-refractivity contribution in [3.05, 3.63) is 101 Å². The van der Waals surface area contributed by atoms with Gasteiger partial charge in [0, 0.05) is 48.4 Å². The molecule has 2 fully saturated rings. The number of piperidine rings is 1. The van der Waals surface area contributed by atoms with Crippen molar-refractivity contribution in [1.29, 1.82) is 0 Å². The first-order valence-corrected chi connectivity index (χ1v) is 15.1. The van der Waals surface area contributed by atoms with Crippen LogP contribution in [-0.4, -0.2) is 61.1 Å². The quantitative estimate of drug-likeness (QED) is 0.344. The summed E-state index contributed by atoms with van der Waals surface area (Å²) in [5.74, 6) is 7.31. The molecule has 1 amide bonds. The fourth-order valence-corrected chi connectivity index (χ4v) is 6.10. The van der Waals surface area contributed by atoms with Crippen molar-refractivity contribution in [2.24, 2.45) is 0 Å². The highest BCUT2D eigenvalue weighted by molar-refractivity contribution is 5.94. The van der Waals surface area contributed by atoms with Gasteiger partial charge in [-0.05, 0) is 87.8 Å². The lowest BCUT2D eigenvalue weighted by Gasteiger charge is -2.43. The normalized spacial score (nSPS) is 17.4. The average molecular weight is 550 g/mol. The van der Waals surface area contributed by atoms with Crippen LogP contribution in [0.2, 0.25) is 0 Å². The van der Waals surface area contributed by atoms with Crippen LogP contribution in [0, 0.1) is 11.8 Å². The number of ether oxygens (including phenoxy) is 1. The van der Waals surface area contributed by atoms with E-state index in [-0.39, 0.29) is 17.6 Å². The van der Waals surface area contributed by atoms with E-state index in [2.05, 4.69) is 65.3 Å². The maximum Gasteiger partial charge on any atom is 0.251 e. The van der Waals surface area contributed by atoms with Gasteiger partial charge in [-0.2, -0.15) is 0 Å². The number of hydrogen-bond donors (Lipinski definition) is 1. The molecule has 0 bridgehead atoms. The van der Waals surface area contributed by atoms with E-state index < -0.39 is 0 Å². The molecule has 3 aromatic carbocycles. The summed E-state index contributed by atoms with van der Waals surface area (Å²) in [6.07, 6.45) is 8.11. The van der Waals surface area contributed by atoms with Gasteiger partial charge in [0.15, 0.2) is 0 Å². The molecule has 1 saturated heterocycles. The van der Waals surface area contributed by atoms with Crippen LogP contribution in [0.4, 0.5) is 0 Å². The molecule has 1 saturated carbocycles. The van der Waals surface area contributed by atoms with Gasteiger partial charge in [0.25, 0.3) is 5.91 Å². The Morgan fingerprint density at radius 3 is 2.37 bits per heavy atom. The summed E-state index contributed by atoms with van der Waals surface area (Å²) in [5.41, 5.74) is 4.09. The lowest BCUT2D eigenvalue weighted by atomic mass is 9.80. The van der Waals surface area contributed by atoms with E-state index in [0.717, 1.165) is 62.2 Å². The van der Waals surface area contributed by atoms with Crippen molar-refractivity contribution in [3.63, 3.8) is 0 Å². The van der Waals surface area contributed by atoms with E-state index in [9.17, 15) is 4.79 Å². The third-order valence-corrected chi connectivity index (χ3v) is 8.70. The number of nitrogens with one attached hydrogen (secondary N) is 1. The highest BCUT2D eigenvalue weighted by atomic mass is 16.5. The van der Waals surface area contributed by atoms with E-state index in [1.807, 2.05) is 54.6 Å². The number of carbonyl (C=O) groups excluding carboxylic acids is 1. The molecule has 0 aromatic heterocycles. The van der Waals surface area contributed by atoms with Crippen molar-refractivity contribution >= 4 is 5.91 Å². The Balaban J connectivity index is 1.10. The summed E-state index contributed by atoms with van der Waals surface area (Å²) >= 11 is 0. The van der Waals surface area contributed by atoms with Crippen molar-refractivity contribution in [3.8, 4) is 17.6 Å². The molecule has 1 heterocycles. The highest BCUT2D eigenvalue weighted by Crippen LogP contribution is 2.31. The molecule has 1 aliphatic carbocycles. The molecule has 0 unspecified atom stereocenters. The van der Waals surface area contributed by atoms with Crippen molar-refractivity contribution in [2.75, 3.05) is 33.7 Å². The molecule has 3 aromatic rings. The molecule has 0 radical (unpaired) electrons. The standard InChI is InChI=1S/C36H43N3O2/c1-38(2)36(21-7-4-8-22-36)28-37-35(40)32-15-10-16-34(26-32)41-33-19-23-39(24-20-33)27-31-14-9-13-30(25-31)18-17-29-11-5-3-6-12-29/h3,5-6,9-16,25-26,33H,4,7-8,19-24,27-28H2,1-2H3,(H,37,40). The van der Waals surface area contributed by atoms with E-state index in [1.165, 1.54) is 24.8 Å². The molecule has 214 valence electrons. The Kier molecular flexibility index (Phi) is 9.77. The second-order valence-electron chi connectivity index (χ2n) is 11.8. The van der Waals surface area contributed by atoms with E-state index in [4.69, 9.17) is 4.74 Å². The molecule has 5 heteroatoms. The van der Waals surface area contributed by atoms with E-state index >= 15 is 0 Å². The fourth-order valence-electron chi connectivity index (χ4n) is 6.10. The summed E-state index contributed by atoms with van der Waals surface area (Å²) in [5, 5.41) is 3.22. The minimum Gasteiger partial charge on any atom is -0.490 e. The first-order valence-electron chi connectivity index (χ1n) is 15.1. The van der Waals surface area contributed by atoms with Crippen molar-refractivity contribution < 1.29 is 9.53 Å². The van der Waals surface area contributed by atoms with Gasteiger partial charge in [0.2, 0.25) is 0 Å². The molecule has 5 rings (SSSR count). The second kappa shape index (κ2) is 13.9. The summed E-state index contributed by atoms with van der Waals surface area (Å²) in [6, 6.07) is 26.3. The summed E-state index contributed by atoms with van der Waals surface area (Å²) < 4.78 is 6.36. The van der Waals surface area contributed by atoms with Crippen LogP contribution in [0.15, 0.2) is 78.9 Å². The van der Waals surface area contributed by atoms with Crippen molar-refractivity contribution in [2.45, 2.75) is 63.1 Å². The number of hydrogen-bond acceptors (Lipinski definition) is 4. The number of amides is 1. The summed E-state index contributed by atoms with van der Waals surface area (Å²) in [4.78, 5) is 17.8. The van der Waals surface area contributed by atoms with Crippen LogP contribution in [-0.2, 0) is 6.54 Å². The van der Waals surface area contributed by atoms with Gasteiger partial charge in [-0.25, -0.2) is 0 Å². The highest BCUT2D eigenvalue weighted by Gasteiger charge is 2.34. The predicted octanol–water partition coefficient (Wildman–Crippen LogP) is 6.12. The van der Waals surface area contributed by atoms with Crippen LogP contribution >= 0.6 is 0 Å². The maximum atomic E-state index is 13.1. The molecule has 1 aliphatic heterocycles. The Morgan fingerprint density at radius 2 is 1.61 bits per heavy atom. The van der Waals surface area contributed by atoms with Crippen molar-refractivity contribution in [1.82, 2.24) is 15.1 Å². The molecular weight excluding hydrogens is 506 g/mol. The van der Waals surface area contributed by atoms with Gasteiger partial charge in [-0.3, -0.25) is 9.69 Å². The minimum absolute atomic E-state index is 0.0206. The van der Waals surface area contributed by atoms with Crippen LogP contribution in [0.5, 0.6) is 5.75 Å². The monoisotopic (exact) mass is 549 g/mol. The smallest absolute Gasteiger partial charge is 0.251 e. The van der Waals surface area contributed by atoms with Gasteiger partial charge in [-0.15, -0.1) is 0 Å². The Morgan fingerprint density at radius 1 is 0.902 bits per heavy atom. The molecule has 0 atom stereocenters. The number of rotatable bonds is 8. The zero-order valence-corrected chi connectivity index (χ0v) is 24.6. The minimum atomic E-state index is -0.0206. The van der Waals surface area contributed by atoms with Gasteiger partial charge in [0.1, 0.15) is 11.9 Å². The van der Waals surface area contributed by atoms with Crippen LogP contribution < -0.4 is 10.1 Å². The van der Waals surface area contributed by atoms with E-state index in [1.54, 1.807) is 0 Å². The number of likely N-dealkylation sites (N-methyl/N-ethyl adjacent to an activating group) is 1. The molecule has 1 N–H and O–H groups in total. The summed E-state index contributed by atoms with van der Waals surface area (Å²) in [6.45, 7) is 3.57. The number of benzene rings is 3. The third-order valence-electron chi connectivity index (χ3n) is 8.70. The molecule has 2 aliphatic rings. The molecule has 0 spiro atoms. The lowest BCUT2D eigenvalue weighted by molar-refractivity contribution is 0.0797. The average Bonchev–Trinajstić information content (AvgIpc) is 3.01. The zero-order chi connectivity index (χ0) is 28.5. The first-order chi connectivity index (χ1) is 20.0. The van der Waals surface area contributed by atoms with Crippen LogP contribution in [0.25, 0.3) is 0 Å². The largest absolute Gasteiger partial charge is 0.490 e. The van der Waals surface area contributed by atoms with Crippen LogP contribution in [0.3, 0.4) is 0 Å². The predicted molar refractivity (Wildman–Crippen MR) is 166 cm³/mol. The first kappa shape index (κ1) is 28.9. The van der Waals surface area contributed by atoms with Crippen LogP contribution in [0.1, 0.15) is 72.0 Å². The topological polar surface area (TPSA) is 44.8 Å². The molecule has 5 nitrogen and oxygen atoms in total. The Labute approximate surface area is 245 Å². The SMILES string of the molecule is CN(C)C1(CNC(=O)c2cccc(OC3CCN(Cc4cccc(C#Cc5ccccc5)c4)CC3)c2)CCCCC1. The Hall–Kier alpha value is -3.59. The number of likely N-dealkylation sites (tertiary alicyclic amines) is 1. The van der Waals surface area contributed by atoms with Gasteiger partial charge in [0.05, 0.1) is 0 Å². The molecule has 41 heavy (non-hydrogen) atoms. The van der Waals surface area contributed by atoms with Gasteiger partial charge in [-0.1, -0.05) is 67.5 Å². The van der Waals surface area contributed by atoms with E-state index in [0.29, 0.717) is 12.1 Å². The zero-order valence-electron chi connectivity index (χ0n) is 24.6. The third kappa shape index (κ3) is 8.00. The number of carbonyl (C=O) groups is 1. The molecular formula is C36H43N3O2. The van der Waals surface area contributed by atoms with Gasteiger partial charge >= 0.3 is 0 Å². The maximum absolute atomic E-state index is 13.1. The summed E-state index contributed by atoms with van der Waals surface area (Å²) in [7, 11) is 4.27. The Bertz CT molecular complexity index is 1340. The lowest BCUT2D eigenvalue weighted by Crippen LogP contribution is -2.53. The fraction of sp³-hybridized carbons (Fsp3) is 0.417. The number of nitrogens with zero attached hydrogens (tertiary/aromatic N) is 2. The second-order valence-corrected chi connectivity index (χ2v) is 11.8.